The maximum atomic E-state index is 12.6. The van der Waals surface area contributed by atoms with Crippen molar-refractivity contribution in [2.24, 2.45) is 0 Å². The van der Waals surface area contributed by atoms with Crippen molar-refractivity contribution in [3.8, 4) is 0 Å². The molecule has 8 heteroatoms. The predicted molar refractivity (Wildman–Crippen MR) is 119 cm³/mol. The Morgan fingerprint density at radius 2 is 1.47 bits per heavy atom. The molecule has 1 heterocycles. The van der Waals surface area contributed by atoms with E-state index in [1.165, 1.54) is 31.4 Å². The number of alkyl halides is 3. The summed E-state index contributed by atoms with van der Waals surface area (Å²) in [6.45, 7) is 2.52. The lowest BCUT2D eigenvalue weighted by atomic mass is 10.1. The molecule has 0 saturated carbocycles. The zero-order chi connectivity index (χ0) is 23.0. The minimum absolute atomic E-state index is 0.127. The summed E-state index contributed by atoms with van der Waals surface area (Å²) in [5, 5.41) is 4.84. The van der Waals surface area contributed by atoms with Crippen molar-refractivity contribution in [1.29, 1.82) is 0 Å². The molecule has 1 aliphatic rings. The molecule has 2 N–H and O–H groups in total. The molecular formula is C24H28F3N3O2. The van der Waals surface area contributed by atoms with Gasteiger partial charge in [-0.3, -0.25) is 9.59 Å². The van der Waals surface area contributed by atoms with Crippen LogP contribution >= 0.6 is 0 Å². The largest absolute Gasteiger partial charge is 0.416 e. The van der Waals surface area contributed by atoms with E-state index in [1.807, 2.05) is 0 Å². The highest BCUT2D eigenvalue weighted by Gasteiger charge is 2.30. The third-order valence-corrected chi connectivity index (χ3v) is 5.51. The topological polar surface area (TPSA) is 61.4 Å². The molecule has 2 aromatic rings. The van der Waals surface area contributed by atoms with E-state index in [1.54, 1.807) is 0 Å². The monoisotopic (exact) mass is 447 g/mol. The smallest absolute Gasteiger partial charge is 0.372 e. The van der Waals surface area contributed by atoms with Crippen LogP contribution in [-0.2, 0) is 22.2 Å². The highest BCUT2D eigenvalue weighted by Crippen LogP contribution is 2.29. The summed E-state index contributed by atoms with van der Waals surface area (Å²) in [7, 11) is 0. The molecule has 0 atom stereocenters. The fraction of sp³-hybridized carbons (Fsp3) is 0.417. The number of carbonyl (C=O) groups is 2. The van der Waals surface area contributed by atoms with Crippen molar-refractivity contribution < 1.29 is 22.8 Å². The first-order chi connectivity index (χ1) is 15.3. The number of aryl methyl sites for hydroxylation is 1. The number of amides is 2. The van der Waals surface area contributed by atoms with Gasteiger partial charge in [0, 0.05) is 31.0 Å². The Kier molecular flexibility index (Phi) is 8.14. The molecule has 0 spiro atoms. The molecule has 32 heavy (non-hydrogen) atoms. The van der Waals surface area contributed by atoms with Crippen LogP contribution in [-0.4, -0.2) is 31.4 Å². The molecule has 1 aliphatic heterocycles. The lowest BCUT2D eigenvalue weighted by Crippen LogP contribution is -2.36. The fourth-order valence-electron chi connectivity index (χ4n) is 3.71. The first kappa shape index (κ1) is 23.6. The standard InChI is InChI=1S/C24H28F3N3O2/c25-24(26,27)19-9-11-20(12-10-19)29-23(32)22(31)28-15-5-6-18-7-13-21(14-8-18)30-16-3-1-2-4-17-30/h7-14H,1-6,15-17H2,(H,28,31)(H,29,32). The Hall–Kier alpha value is -3.03. The fourth-order valence-corrected chi connectivity index (χ4v) is 3.71. The van der Waals surface area contributed by atoms with E-state index in [0.717, 1.165) is 49.3 Å². The van der Waals surface area contributed by atoms with Crippen LogP contribution < -0.4 is 15.5 Å². The third kappa shape index (κ3) is 7.00. The Labute approximate surface area is 186 Å². The van der Waals surface area contributed by atoms with E-state index in [9.17, 15) is 22.8 Å². The molecule has 0 aromatic heterocycles. The van der Waals surface area contributed by atoms with E-state index in [4.69, 9.17) is 0 Å². The van der Waals surface area contributed by atoms with Crippen LogP contribution in [0.4, 0.5) is 24.5 Å². The van der Waals surface area contributed by atoms with Crippen molar-refractivity contribution in [3.05, 3.63) is 59.7 Å². The van der Waals surface area contributed by atoms with Gasteiger partial charge in [-0.25, -0.2) is 0 Å². The number of hydrogen-bond acceptors (Lipinski definition) is 3. The summed E-state index contributed by atoms with van der Waals surface area (Å²) in [6.07, 6.45) is 2.03. The van der Waals surface area contributed by atoms with Gasteiger partial charge < -0.3 is 15.5 Å². The summed E-state index contributed by atoms with van der Waals surface area (Å²) in [5.74, 6) is -1.73. The number of benzene rings is 2. The molecule has 5 nitrogen and oxygen atoms in total. The summed E-state index contributed by atoms with van der Waals surface area (Å²) in [4.78, 5) is 26.3. The number of halogens is 3. The van der Waals surface area contributed by atoms with Gasteiger partial charge in [-0.1, -0.05) is 25.0 Å². The first-order valence-electron chi connectivity index (χ1n) is 10.9. The first-order valence-corrected chi connectivity index (χ1v) is 10.9. The average molecular weight is 448 g/mol. The minimum Gasteiger partial charge on any atom is -0.372 e. The normalized spacial score (nSPS) is 14.5. The highest BCUT2D eigenvalue weighted by molar-refractivity contribution is 6.39. The van der Waals surface area contributed by atoms with Crippen LogP contribution in [0.1, 0.15) is 43.2 Å². The van der Waals surface area contributed by atoms with Gasteiger partial charge in [-0.05, 0) is 67.6 Å². The number of carbonyl (C=O) groups excluding carboxylic acids is 2. The lowest BCUT2D eigenvalue weighted by molar-refractivity contribution is -0.137. The van der Waals surface area contributed by atoms with Crippen LogP contribution in [0.3, 0.4) is 0 Å². The molecule has 0 bridgehead atoms. The molecule has 3 rings (SSSR count). The zero-order valence-corrected chi connectivity index (χ0v) is 17.9. The third-order valence-electron chi connectivity index (χ3n) is 5.51. The average Bonchev–Trinajstić information content (AvgIpc) is 3.06. The van der Waals surface area contributed by atoms with E-state index in [2.05, 4.69) is 39.8 Å². The van der Waals surface area contributed by atoms with Crippen molar-refractivity contribution in [3.63, 3.8) is 0 Å². The summed E-state index contributed by atoms with van der Waals surface area (Å²) < 4.78 is 37.7. The van der Waals surface area contributed by atoms with Crippen molar-refractivity contribution in [1.82, 2.24) is 5.32 Å². The number of anilines is 2. The van der Waals surface area contributed by atoms with Gasteiger partial charge in [0.2, 0.25) is 0 Å². The molecular weight excluding hydrogens is 419 g/mol. The second kappa shape index (κ2) is 11.0. The van der Waals surface area contributed by atoms with E-state index in [0.29, 0.717) is 13.0 Å². The number of nitrogens with one attached hydrogen (secondary N) is 2. The van der Waals surface area contributed by atoms with Gasteiger partial charge in [-0.2, -0.15) is 13.2 Å². The molecule has 0 unspecified atom stereocenters. The molecule has 2 aromatic carbocycles. The quantitative estimate of drug-likeness (QED) is 0.495. The molecule has 1 fully saturated rings. The summed E-state index contributed by atoms with van der Waals surface area (Å²) in [6, 6.07) is 12.4. The summed E-state index contributed by atoms with van der Waals surface area (Å²) >= 11 is 0. The molecule has 0 aliphatic carbocycles. The van der Waals surface area contributed by atoms with Gasteiger partial charge in [-0.15, -0.1) is 0 Å². The predicted octanol–water partition coefficient (Wildman–Crippen LogP) is 4.77. The van der Waals surface area contributed by atoms with Crippen LogP contribution in [0.15, 0.2) is 48.5 Å². The number of hydrogen-bond donors (Lipinski definition) is 2. The van der Waals surface area contributed by atoms with Crippen LogP contribution in [0, 0.1) is 0 Å². The minimum atomic E-state index is -4.45. The van der Waals surface area contributed by atoms with Crippen LogP contribution in [0.2, 0.25) is 0 Å². The van der Waals surface area contributed by atoms with Crippen molar-refractivity contribution in [2.75, 3.05) is 29.9 Å². The van der Waals surface area contributed by atoms with E-state index < -0.39 is 23.6 Å². The maximum Gasteiger partial charge on any atom is 0.416 e. The van der Waals surface area contributed by atoms with Gasteiger partial charge >= 0.3 is 18.0 Å². The maximum absolute atomic E-state index is 12.6. The van der Waals surface area contributed by atoms with Crippen molar-refractivity contribution in [2.45, 2.75) is 44.7 Å². The summed E-state index contributed by atoms with van der Waals surface area (Å²) in [5.41, 5.74) is 1.71. The Balaban J connectivity index is 1.38. The lowest BCUT2D eigenvalue weighted by Gasteiger charge is -2.22. The second-order valence-electron chi connectivity index (χ2n) is 7.96. The number of rotatable bonds is 6. The Morgan fingerprint density at radius 3 is 2.06 bits per heavy atom. The van der Waals surface area contributed by atoms with E-state index >= 15 is 0 Å². The molecule has 0 radical (unpaired) electrons. The Bertz CT molecular complexity index is 888. The van der Waals surface area contributed by atoms with Crippen LogP contribution in [0.25, 0.3) is 0 Å². The SMILES string of the molecule is O=C(NCCCc1ccc(N2CCCCCC2)cc1)C(=O)Nc1ccc(C(F)(F)F)cc1. The molecule has 1 saturated heterocycles. The van der Waals surface area contributed by atoms with Gasteiger partial charge in [0.1, 0.15) is 0 Å². The Morgan fingerprint density at radius 1 is 0.844 bits per heavy atom. The van der Waals surface area contributed by atoms with Gasteiger partial charge in [0.25, 0.3) is 0 Å². The second-order valence-corrected chi connectivity index (χ2v) is 7.96. The van der Waals surface area contributed by atoms with E-state index in [-0.39, 0.29) is 5.69 Å². The van der Waals surface area contributed by atoms with Crippen LogP contribution in [0.5, 0.6) is 0 Å². The van der Waals surface area contributed by atoms with Gasteiger partial charge in [0.15, 0.2) is 0 Å². The highest BCUT2D eigenvalue weighted by atomic mass is 19.4. The van der Waals surface area contributed by atoms with Gasteiger partial charge in [0.05, 0.1) is 5.56 Å². The number of nitrogens with zero attached hydrogens (tertiary/aromatic N) is 1. The molecule has 2 amide bonds. The zero-order valence-electron chi connectivity index (χ0n) is 17.9. The van der Waals surface area contributed by atoms with Crippen molar-refractivity contribution >= 4 is 23.2 Å². The molecule has 172 valence electrons.